The van der Waals surface area contributed by atoms with Crippen LogP contribution >= 0.6 is 0 Å². The lowest BCUT2D eigenvalue weighted by Gasteiger charge is -2.21. The number of carbonyl (C=O) groups excluding carboxylic acids is 3. The Morgan fingerprint density at radius 2 is 1.96 bits per heavy atom. The predicted molar refractivity (Wildman–Crippen MR) is 77.2 cm³/mol. The SMILES string of the molecule is CCOC(=O)C[C@@H](C)[C@H](NC(=O)c1cccc(F)c1F)C(N)=O. The summed E-state index contributed by atoms with van der Waals surface area (Å²) < 4.78 is 31.5. The lowest BCUT2D eigenvalue weighted by atomic mass is 9.97. The molecule has 2 amide bonds. The van der Waals surface area contributed by atoms with Crippen LogP contribution in [-0.2, 0) is 14.3 Å². The summed E-state index contributed by atoms with van der Waals surface area (Å²) in [6.45, 7) is 3.31. The van der Waals surface area contributed by atoms with Crippen molar-refractivity contribution in [1.29, 1.82) is 0 Å². The van der Waals surface area contributed by atoms with Gasteiger partial charge in [-0.15, -0.1) is 0 Å². The van der Waals surface area contributed by atoms with E-state index in [-0.39, 0.29) is 13.0 Å². The van der Waals surface area contributed by atoms with Gasteiger partial charge in [0.15, 0.2) is 11.6 Å². The lowest BCUT2D eigenvalue weighted by Crippen LogP contribution is -2.49. The van der Waals surface area contributed by atoms with E-state index in [0.29, 0.717) is 0 Å². The number of amides is 2. The molecule has 1 rings (SSSR count). The molecular weight excluding hydrogens is 310 g/mol. The van der Waals surface area contributed by atoms with Crippen LogP contribution in [0.15, 0.2) is 18.2 Å². The Morgan fingerprint density at radius 3 is 2.52 bits per heavy atom. The Bertz CT molecular complexity index is 607. The number of rotatable bonds is 7. The first-order valence-corrected chi connectivity index (χ1v) is 6.97. The molecule has 2 atom stereocenters. The van der Waals surface area contributed by atoms with E-state index in [2.05, 4.69) is 5.32 Å². The van der Waals surface area contributed by atoms with Gasteiger partial charge in [-0.3, -0.25) is 14.4 Å². The third-order valence-electron chi connectivity index (χ3n) is 3.15. The molecule has 0 bridgehead atoms. The van der Waals surface area contributed by atoms with Crippen LogP contribution in [0, 0.1) is 17.6 Å². The average molecular weight is 328 g/mol. The van der Waals surface area contributed by atoms with Gasteiger partial charge in [-0.25, -0.2) is 8.78 Å². The summed E-state index contributed by atoms with van der Waals surface area (Å²) in [5.41, 5.74) is 4.65. The number of nitrogens with two attached hydrogens (primary N) is 1. The average Bonchev–Trinajstić information content (AvgIpc) is 2.47. The van der Waals surface area contributed by atoms with Gasteiger partial charge in [-0.05, 0) is 25.0 Å². The van der Waals surface area contributed by atoms with E-state index in [9.17, 15) is 23.2 Å². The molecule has 3 N–H and O–H groups in total. The van der Waals surface area contributed by atoms with Crippen molar-refractivity contribution in [3.05, 3.63) is 35.4 Å². The molecule has 126 valence electrons. The Balaban J connectivity index is 2.87. The van der Waals surface area contributed by atoms with Gasteiger partial charge >= 0.3 is 5.97 Å². The maximum absolute atomic E-state index is 13.6. The van der Waals surface area contributed by atoms with Crippen molar-refractivity contribution in [2.45, 2.75) is 26.3 Å². The summed E-state index contributed by atoms with van der Waals surface area (Å²) in [6.07, 6.45) is -0.159. The highest BCUT2D eigenvalue weighted by molar-refractivity contribution is 5.97. The van der Waals surface area contributed by atoms with Crippen LogP contribution in [0.1, 0.15) is 30.6 Å². The van der Waals surface area contributed by atoms with Crippen LogP contribution in [0.4, 0.5) is 8.78 Å². The highest BCUT2D eigenvalue weighted by atomic mass is 19.2. The van der Waals surface area contributed by atoms with Crippen molar-refractivity contribution in [3.8, 4) is 0 Å². The summed E-state index contributed by atoms with van der Waals surface area (Å²) in [5.74, 6) is -5.64. The lowest BCUT2D eigenvalue weighted by molar-refractivity contribution is -0.144. The molecule has 0 saturated heterocycles. The molecule has 1 aromatic carbocycles. The second kappa shape index (κ2) is 8.21. The number of hydrogen-bond donors (Lipinski definition) is 2. The number of ether oxygens (including phenoxy) is 1. The molecule has 23 heavy (non-hydrogen) atoms. The largest absolute Gasteiger partial charge is 0.466 e. The van der Waals surface area contributed by atoms with Gasteiger partial charge in [-0.1, -0.05) is 13.0 Å². The maximum atomic E-state index is 13.6. The minimum Gasteiger partial charge on any atom is -0.466 e. The van der Waals surface area contributed by atoms with Gasteiger partial charge in [0.25, 0.3) is 5.91 Å². The zero-order valence-electron chi connectivity index (χ0n) is 12.8. The first kappa shape index (κ1) is 18.5. The van der Waals surface area contributed by atoms with E-state index in [0.717, 1.165) is 18.2 Å². The molecule has 0 fully saturated rings. The predicted octanol–water partition coefficient (Wildman–Crippen LogP) is 1.14. The number of benzene rings is 1. The number of esters is 1. The van der Waals surface area contributed by atoms with Crippen molar-refractivity contribution >= 4 is 17.8 Å². The second-order valence-corrected chi connectivity index (χ2v) is 4.94. The Kier molecular flexibility index (Phi) is 6.62. The normalized spacial score (nSPS) is 13.0. The van der Waals surface area contributed by atoms with E-state index in [1.807, 2.05) is 0 Å². The van der Waals surface area contributed by atoms with E-state index < -0.39 is 46.9 Å². The second-order valence-electron chi connectivity index (χ2n) is 4.94. The van der Waals surface area contributed by atoms with Crippen LogP contribution in [0.3, 0.4) is 0 Å². The first-order valence-electron chi connectivity index (χ1n) is 6.97. The Labute approximate surface area is 132 Å². The van der Waals surface area contributed by atoms with Crippen LogP contribution in [0.2, 0.25) is 0 Å². The quantitative estimate of drug-likeness (QED) is 0.733. The van der Waals surface area contributed by atoms with Crippen LogP contribution in [0.5, 0.6) is 0 Å². The molecule has 8 heteroatoms. The van der Waals surface area contributed by atoms with Crippen LogP contribution in [-0.4, -0.2) is 30.4 Å². The monoisotopic (exact) mass is 328 g/mol. The van der Waals surface area contributed by atoms with Crippen molar-refractivity contribution in [2.24, 2.45) is 11.7 Å². The van der Waals surface area contributed by atoms with Gasteiger partial charge in [0.1, 0.15) is 6.04 Å². The zero-order valence-corrected chi connectivity index (χ0v) is 12.8. The highest BCUT2D eigenvalue weighted by Gasteiger charge is 2.28. The number of carbonyl (C=O) groups is 3. The molecule has 0 heterocycles. The van der Waals surface area contributed by atoms with Gasteiger partial charge < -0.3 is 15.8 Å². The first-order chi connectivity index (χ1) is 10.8. The van der Waals surface area contributed by atoms with Crippen LogP contribution in [0.25, 0.3) is 0 Å². The Hall–Kier alpha value is -2.51. The third-order valence-corrected chi connectivity index (χ3v) is 3.15. The summed E-state index contributed by atoms with van der Waals surface area (Å²) in [4.78, 5) is 34.9. The molecule has 1 aromatic rings. The molecule has 0 saturated carbocycles. The number of halogens is 2. The van der Waals surface area contributed by atoms with Crippen molar-refractivity contribution in [1.82, 2.24) is 5.32 Å². The minimum absolute atomic E-state index is 0.159. The Morgan fingerprint density at radius 1 is 1.30 bits per heavy atom. The maximum Gasteiger partial charge on any atom is 0.306 e. The van der Waals surface area contributed by atoms with Crippen molar-refractivity contribution < 1.29 is 27.9 Å². The third kappa shape index (κ3) is 5.01. The fourth-order valence-electron chi connectivity index (χ4n) is 1.99. The van der Waals surface area contributed by atoms with E-state index >= 15 is 0 Å². The fraction of sp³-hybridized carbons (Fsp3) is 0.400. The summed E-state index contributed by atoms with van der Waals surface area (Å²) >= 11 is 0. The molecule has 0 radical (unpaired) electrons. The molecule has 0 unspecified atom stereocenters. The zero-order chi connectivity index (χ0) is 17.6. The summed E-state index contributed by atoms with van der Waals surface area (Å²) in [6, 6.07) is 1.87. The number of primary amides is 1. The fourth-order valence-corrected chi connectivity index (χ4v) is 1.99. The molecular formula is C15H18F2N2O4. The molecule has 0 aromatic heterocycles. The van der Waals surface area contributed by atoms with E-state index in [1.54, 1.807) is 6.92 Å². The highest BCUT2D eigenvalue weighted by Crippen LogP contribution is 2.14. The minimum atomic E-state index is -1.33. The van der Waals surface area contributed by atoms with Gasteiger partial charge in [0.2, 0.25) is 5.91 Å². The number of nitrogens with one attached hydrogen (secondary N) is 1. The van der Waals surface area contributed by atoms with Crippen LogP contribution < -0.4 is 11.1 Å². The van der Waals surface area contributed by atoms with Crippen molar-refractivity contribution in [3.63, 3.8) is 0 Å². The summed E-state index contributed by atoms with van der Waals surface area (Å²) in [7, 11) is 0. The standard InChI is InChI=1S/C15H18F2N2O4/c1-3-23-11(20)7-8(2)13(14(18)21)19-15(22)9-5-4-6-10(16)12(9)17/h4-6,8,13H,3,7H2,1-2H3,(H2,18,21)(H,19,22)/t8-,13+/m1/s1. The smallest absolute Gasteiger partial charge is 0.306 e. The van der Waals surface area contributed by atoms with Crippen molar-refractivity contribution in [2.75, 3.05) is 6.61 Å². The summed E-state index contributed by atoms with van der Waals surface area (Å²) in [5, 5.41) is 2.22. The molecule has 0 aliphatic heterocycles. The molecule has 0 spiro atoms. The molecule has 0 aliphatic rings. The number of hydrogen-bond acceptors (Lipinski definition) is 4. The van der Waals surface area contributed by atoms with Gasteiger partial charge in [0.05, 0.1) is 18.6 Å². The van der Waals surface area contributed by atoms with E-state index in [4.69, 9.17) is 10.5 Å². The topological polar surface area (TPSA) is 98.5 Å². The van der Waals surface area contributed by atoms with E-state index in [1.165, 1.54) is 6.92 Å². The van der Waals surface area contributed by atoms with Gasteiger partial charge in [0, 0.05) is 0 Å². The van der Waals surface area contributed by atoms with Gasteiger partial charge in [-0.2, -0.15) is 0 Å². The molecule has 6 nitrogen and oxygen atoms in total. The molecule has 0 aliphatic carbocycles.